The van der Waals surface area contributed by atoms with Crippen LogP contribution in [0.5, 0.6) is 11.5 Å². The van der Waals surface area contributed by atoms with Gasteiger partial charge in [-0.3, -0.25) is 0 Å². The van der Waals surface area contributed by atoms with Crippen molar-refractivity contribution >= 4 is 46.4 Å². The van der Waals surface area contributed by atoms with Crippen LogP contribution in [0, 0.1) is 24.3 Å². The molecule has 0 radical (unpaired) electrons. The molecule has 0 aliphatic carbocycles. The Bertz CT molecular complexity index is 1520. The lowest BCUT2D eigenvalue weighted by atomic mass is 10.2. The van der Waals surface area contributed by atoms with Crippen molar-refractivity contribution in [3.63, 3.8) is 0 Å². The van der Waals surface area contributed by atoms with Crippen molar-refractivity contribution in [2.45, 2.75) is 39.4 Å². The number of aliphatic carboxylic acids is 1. The number of ether oxygens (including phenoxy) is 2. The molecule has 0 bridgehead atoms. The summed E-state index contributed by atoms with van der Waals surface area (Å²) >= 11 is 3.41. The second-order valence-electron chi connectivity index (χ2n) is 8.66. The highest BCUT2D eigenvalue weighted by Gasteiger charge is 2.20. The van der Waals surface area contributed by atoms with Crippen molar-refractivity contribution in [1.29, 1.82) is 0 Å². The fourth-order valence-electron chi connectivity index (χ4n) is 4.23. The van der Waals surface area contributed by atoms with E-state index in [9.17, 15) is 9.90 Å². The van der Waals surface area contributed by atoms with Gasteiger partial charge in [-0.2, -0.15) is 0 Å². The molecule has 10 heteroatoms. The van der Waals surface area contributed by atoms with Crippen molar-refractivity contribution in [2.24, 2.45) is 0 Å². The zero-order valence-electron chi connectivity index (χ0n) is 22.1. The van der Waals surface area contributed by atoms with Gasteiger partial charge < -0.3 is 23.7 Å². The molecule has 2 aromatic heterocycles. The fourth-order valence-corrected chi connectivity index (χ4v) is 5.60. The first-order chi connectivity index (χ1) is 18.2. The molecule has 0 saturated carbocycles. The van der Waals surface area contributed by atoms with Crippen LogP contribution < -0.4 is 9.47 Å². The normalized spacial score (nSPS) is 11.6. The van der Waals surface area contributed by atoms with Crippen LogP contribution in [-0.4, -0.2) is 44.6 Å². The van der Waals surface area contributed by atoms with Crippen LogP contribution in [0.2, 0.25) is 0 Å². The van der Waals surface area contributed by atoms with Crippen LogP contribution in [0.25, 0.3) is 23.2 Å². The van der Waals surface area contributed by atoms with Crippen LogP contribution in [0.3, 0.4) is 0 Å². The lowest BCUT2D eigenvalue weighted by molar-refractivity contribution is -0.131. The molecule has 8 nitrogen and oxygen atoms in total. The SMILES string of the molecule is CCn1c(S/C(=C\c2cc(C)n(-c3ccc(C)c(I)c3)c2C)C(=O)O)nnc1-c1cc(OC)cc(OC)c1. The molecule has 0 aliphatic rings. The van der Waals surface area contributed by atoms with Crippen molar-refractivity contribution in [3.05, 3.63) is 73.5 Å². The number of carboxylic acid groups (broad SMARTS) is 1. The second-order valence-corrected chi connectivity index (χ2v) is 10.8. The maximum Gasteiger partial charge on any atom is 0.342 e. The van der Waals surface area contributed by atoms with E-state index in [1.165, 1.54) is 9.13 Å². The van der Waals surface area contributed by atoms with Gasteiger partial charge in [0.05, 0.1) is 14.2 Å². The Hall–Kier alpha value is -3.25. The van der Waals surface area contributed by atoms with Gasteiger partial charge in [0.2, 0.25) is 0 Å². The molecule has 0 saturated heterocycles. The summed E-state index contributed by atoms with van der Waals surface area (Å²) in [7, 11) is 3.18. The Morgan fingerprint density at radius 3 is 2.32 bits per heavy atom. The fraction of sp³-hybridized carbons (Fsp3) is 0.250. The smallest absolute Gasteiger partial charge is 0.342 e. The number of thioether (sulfide) groups is 1. The minimum absolute atomic E-state index is 0.153. The van der Waals surface area contributed by atoms with Crippen molar-refractivity contribution in [2.75, 3.05) is 14.2 Å². The maximum atomic E-state index is 12.3. The molecule has 0 fully saturated rings. The molecule has 0 amide bonds. The molecule has 38 heavy (non-hydrogen) atoms. The predicted molar refractivity (Wildman–Crippen MR) is 158 cm³/mol. The molecule has 198 valence electrons. The maximum absolute atomic E-state index is 12.3. The summed E-state index contributed by atoms with van der Waals surface area (Å²) in [6, 6.07) is 13.8. The number of methoxy groups -OCH3 is 2. The van der Waals surface area contributed by atoms with Gasteiger partial charge >= 0.3 is 5.97 Å². The third-order valence-corrected chi connectivity index (χ3v) is 8.38. The second kappa shape index (κ2) is 11.6. The number of carboxylic acids is 1. The number of aryl methyl sites for hydroxylation is 2. The first-order valence-electron chi connectivity index (χ1n) is 11.9. The van der Waals surface area contributed by atoms with Gasteiger partial charge in [-0.25, -0.2) is 4.79 Å². The number of carbonyl (C=O) groups is 1. The number of benzene rings is 2. The van der Waals surface area contributed by atoms with Crippen LogP contribution >= 0.6 is 34.4 Å². The first kappa shape index (κ1) is 27.8. The number of rotatable bonds is 9. The quantitative estimate of drug-likeness (QED) is 0.126. The standard InChI is InChI=1S/C28H29IN4O4S/c1-7-32-26(20-11-22(36-5)15-23(12-20)37-6)30-31-28(32)38-25(27(34)35)13-19-10-17(3)33(18(19)4)21-9-8-16(2)24(29)14-21/h8-15H,7H2,1-6H3,(H,34,35)/b25-13-. The molecular weight excluding hydrogens is 615 g/mol. The van der Waals surface area contributed by atoms with Crippen LogP contribution in [0.15, 0.2) is 52.5 Å². The zero-order valence-corrected chi connectivity index (χ0v) is 25.0. The molecule has 0 atom stereocenters. The number of aromatic nitrogens is 4. The highest BCUT2D eigenvalue weighted by molar-refractivity contribution is 14.1. The molecule has 2 heterocycles. The molecule has 0 aliphatic heterocycles. The third-order valence-electron chi connectivity index (χ3n) is 6.23. The van der Waals surface area contributed by atoms with Gasteiger partial charge in [0, 0.05) is 38.8 Å². The Morgan fingerprint density at radius 2 is 1.74 bits per heavy atom. The Morgan fingerprint density at radius 1 is 1.05 bits per heavy atom. The van der Waals surface area contributed by atoms with Gasteiger partial charge in [0.1, 0.15) is 16.4 Å². The summed E-state index contributed by atoms with van der Waals surface area (Å²) in [5, 5.41) is 19.3. The average molecular weight is 645 g/mol. The average Bonchev–Trinajstić information content (AvgIpc) is 3.44. The largest absolute Gasteiger partial charge is 0.497 e. The van der Waals surface area contributed by atoms with Crippen LogP contribution in [-0.2, 0) is 11.3 Å². The van der Waals surface area contributed by atoms with Crippen molar-refractivity contribution in [1.82, 2.24) is 19.3 Å². The van der Waals surface area contributed by atoms with E-state index in [0.717, 1.165) is 40.0 Å². The van der Waals surface area contributed by atoms with Gasteiger partial charge in [0.25, 0.3) is 0 Å². The Balaban J connectivity index is 1.72. The number of halogens is 1. The Labute approximate surface area is 239 Å². The lowest BCUT2D eigenvalue weighted by Crippen LogP contribution is -2.03. The first-order valence-corrected chi connectivity index (χ1v) is 13.8. The van der Waals surface area contributed by atoms with E-state index in [2.05, 4.69) is 62.5 Å². The van der Waals surface area contributed by atoms with E-state index in [-0.39, 0.29) is 4.91 Å². The molecule has 1 N–H and O–H groups in total. The highest BCUT2D eigenvalue weighted by atomic mass is 127. The van der Waals surface area contributed by atoms with Crippen LogP contribution in [0.4, 0.5) is 0 Å². The van der Waals surface area contributed by atoms with Crippen molar-refractivity contribution < 1.29 is 19.4 Å². The van der Waals surface area contributed by atoms with Gasteiger partial charge in [-0.1, -0.05) is 6.07 Å². The zero-order chi connectivity index (χ0) is 27.6. The van der Waals surface area contributed by atoms with Gasteiger partial charge in [-0.15, -0.1) is 10.2 Å². The molecule has 4 rings (SSSR count). The molecule has 4 aromatic rings. The third kappa shape index (κ3) is 5.60. The van der Waals surface area contributed by atoms with Crippen molar-refractivity contribution in [3.8, 4) is 28.6 Å². The molecule has 0 spiro atoms. The summed E-state index contributed by atoms with van der Waals surface area (Å²) in [4.78, 5) is 12.5. The number of nitrogens with zero attached hydrogens (tertiary/aromatic N) is 4. The number of hydrogen-bond donors (Lipinski definition) is 1. The minimum atomic E-state index is -1.03. The van der Waals surface area contributed by atoms with Gasteiger partial charge in [0.15, 0.2) is 11.0 Å². The van der Waals surface area contributed by atoms with E-state index in [4.69, 9.17) is 9.47 Å². The van der Waals surface area contributed by atoms with Gasteiger partial charge in [-0.05, 0) is 110 Å². The molecular formula is C28H29IN4O4S. The van der Waals surface area contributed by atoms with E-state index >= 15 is 0 Å². The monoisotopic (exact) mass is 644 g/mol. The molecule has 0 unspecified atom stereocenters. The van der Waals surface area contributed by atoms with E-state index < -0.39 is 5.97 Å². The number of hydrogen-bond acceptors (Lipinski definition) is 6. The minimum Gasteiger partial charge on any atom is -0.497 e. The lowest BCUT2D eigenvalue weighted by Gasteiger charge is -2.11. The van der Waals surface area contributed by atoms with E-state index in [0.29, 0.717) is 29.0 Å². The topological polar surface area (TPSA) is 91.4 Å². The summed E-state index contributed by atoms with van der Waals surface area (Å²) in [6.45, 7) is 8.62. The summed E-state index contributed by atoms with van der Waals surface area (Å²) in [5.41, 5.74) is 5.84. The van der Waals surface area contributed by atoms with E-state index in [1.54, 1.807) is 26.4 Å². The summed E-state index contributed by atoms with van der Waals surface area (Å²) in [5.74, 6) is 0.830. The van der Waals surface area contributed by atoms with Crippen LogP contribution in [0.1, 0.15) is 29.4 Å². The Kier molecular flexibility index (Phi) is 8.51. The predicted octanol–water partition coefficient (Wildman–Crippen LogP) is 6.52. The summed E-state index contributed by atoms with van der Waals surface area (Å²) < 4.78 is 16.0. The van der Waals surface area contributed by atoms with E-state index in [1.807, 2.05) is 43.5 Å². The summed E-state index contributed by atoms with van der Waals surface area (Å²) in [6.07, 6.45) is 1.70. The highest BCUT2D eigenvalue weighted by Crippen LogP contribution is 2.34. The molecule has 2 aromatic carbocycles.